The second-order valence-electron chi connectivity index (χ2n) is 10.6. The van der Waals surface area contributed by atoms with Gasteiger partial charge in [0.15, 0.2) is 0 Å². The smallest absolute Gasteiger partial charge is 0.408 e. The number of carbonyl (C=O) groups is 3. The molecule has 1 fully saturated rings. The molecular weight excluding hydrogens is 448 g/mol. The minimum absolute atomic E-state index is 0.120. The highest BCUT2D eigenvalue weighted by Gasteiger charge is 2.46. The van der Waals surface area contributed by atoms with Gasteiger partial charge in [0, 0.05) is 11.8 Å². The lowest BCUT2D eigenvalue weighted by Gasteiger charge is -2.39. The Balaban J connectivity index is 1.76. The molecule has 0 saturated heterocycles. The molecular formula is C27H36N2O6. The van der Waals surface area contributed by atoms with Crippen molar-refractivity contribution in [3.8, 4) is 5.75 Å². The number of carboxylic acids is 1. The van der Waals surface area contributed by atoms with Gasteiger partial charge < -0.3 is 25.2 Å². The van der Waals surface area contributed by atoms with Gasteiger partial charge in [-0.3, -0.25) is 4.79 Å². The number of nitrogens with one attached hydrogen (secondary N) is 2. The van der Waals surface area contributed by atoms with E-state index >= 15 is 0 Å². The number of alkyl carbamates (subject to hydrolysis) is 1. The highest BCUT2D eigenvalue weighted by Crippen LogP contribution is 2.34. The van der Waals surface area contributed by atoms with Gasteiger partial charge in [0.05, 0.1) is 0 Å². The summed E-state index contributed by atoms with van der Waals surface area (Å²) in [6.45, 7) is 8.75. The van der Waals surface area contributed by atoms with E-state index in [9.17, 15) is 19.5 Å². The summed E-state index contributed by atoms with van der Waals surface area (Å²) in [5.74, 6) is -1.26. The van der Waals surface area contributed by atoms with Crippen LogP contribution in [0.25, 0.3) is 10.8 Å². The Morgan fingerprint density at radius 3 is 2.43 bits per heavy atom. The van der Waals surface area contributed by atoms with Gasteiger partial charge >= 0.3 is 12.1 Å². The van der Waals surface area contributed by atoms with Crippen molar-refractivity contribution < 1.29 is 29.0 Å². The number of ether oxygens (including phenoxy) is 2. The highest BCUT2D eigenvalue weighted by atomic mass is 16.6. The van der Waals surface area contributed by atoms with E-state index in [4.69, 9.17) is 9.47 Å². The molecule has 1 saturated carbocycles. The molecule has 1 unspecified atom stereocenters. The molecule has 190 valence electrons. The molecule has 0 aromatic heterocycles. The van der Waals surface area contributed by atoms with Crippen LogP contribution in [0.1, 0.15) is 60.3 Å². The first kappa shape index (κ1) is 26.3. The Morgan fingerprint density at radius 2 is 1.77 bits per heavy atom. The summed E-state index contributed by atoms with van der Waals surface area (Å²) >= 11 is 0. The van der Waals surface area contributed by atoms with Gasteiger partial charge in [-0.25, -0.2) is 9.59 Å². The Morgan fingerprint density at radius 1 is 1.09 bits per heavy atom. The SMILES string of the molecule is CC(C)[C@H](NC(=O)OC(C)(C)C)C(=O)N[C@@]1(C(=O)O)CCCC(Oc2cccc3ccccc23)C1. The van der Waals surface area contributed by atoms with Gasteiger partial charge in [-0.15, -0.1) is 0 Å². The van der Waals surface area contributed by atoms with Crippen molar-refractivity contribution in [3.63, 3.8) is 0 Å². The standard InChI is InChI=1S/C27H36N2O6/c1-17(2)22(28-25(33)35-26(3,4)5)23(30)29-27(24(31)32)15-9-12-19(16-27)34-21-14-8-11-18-10-6-7-13-20(18)21/h6-8,10-11,13-14,17,19,22H,9,12,15-16H2,1-5H3,(H,28,33)(H,29,30)(H,31,32)/t19?,22-,27-/m0/s1. The first-order valence-electron chi connectivity index (χ1n) is 12.1. The van der Waals surface area contributed by atoms with Crippen molar-refractivity contribution in [2.24, 2.45) is 5.92 Å². The zero-order chi connectivity index (χ0) is 25.8. The normalized spacial score (nSPS) is 21.3. The van der Waals surface area contributed by atoms with Gasteiger partial charge in [0.1, 0.15) is 29.0 Å². The monoisotopic (exact) mass is 484 g/mol. The van der Waals surface area contributed by atoms with E-state index < -0.39 is 35.2 Å². The van der Waals surface area contributed by atoms with E-state index in [0.29, 0.717) is 18.6 Å². The summed E-state index contributed by atoms with van der Waals surface area (Å²) in [5.41, 5.74) is -2.22. The molecule has 0 aliphatic heterocycles. The van der Waals surface area contributed by atoms with Crippen LogP contribution in [0.15, 0.2) is 42.5 Å². The summed E-state index contributed by atoms with van der Waals surface area (Å²) in [6, 6.07) is 12.7. The van der Waals surface area contributed by atoms with Crippen molar-refractivity contribution in [1.82, 2.24) is 10.6 Å². The van der Waals surface area contributed by atoms with Crippen molar-refractivity contribution in [2.75, 3.05) is 0 Å². The molecule has 8 heteroatoms. The summed E-state index contributed by atoms with van der Waals surface area (Å²) in [7, 11) is 0. The lowest BCUT2D eigenvalue weighted by atomic mass is 9.79. The molecule has 3 atom stereocenters. The molecule has 0 heterocycles. The molecule has 0 bridgehead atoms. The average molecular weight is 485 g/mol. The topological polar surface area (TPSA) is 114 Å². The molecule has 1 aliphatic carbocycles. The number of hydrogen-bond donors (Lipinski definition) is 3. The van der Waals surface area contributed by atoms with Crippen LogP contribution < -0.4 is 15.4 Å². The van der Waals surface area contributed by atoms with Crippen LogP contribution in [0, 0.1) is 5.92 Å². The van der Waals surface area contributed by atoms with Crippen LogP contribution in [-0.2, 0) is 14.3 Å². The van der Waals surface area contributed by atoms with Crippen LogP contribution in [0.4, 0.5) is 4.79 Å². The third-order valence-corrected chi connectivity index (χ3v) is 6.14. The average Bonchev–Trinajstić information content (AvgIpc) is 2.76. The first-order chi connectivity index (χ1) is 16.4. The molecule has 2 aromatic carbocycles. The molecule has 8 nitrogen and oxygen atoms in total. The molecule has 3 N–H and O–H groups in total. The maximum absolute atomic E-state index is 13.2. The third-order valence-electron chi connectivity index (χ3n) is 6.14. The summed E-state index contributed by atoms with van der Waals surface area (Å²) in [4.78, 5) is 38.0. The summed E-state index contributed by atoms with van der Waals surface area (Å²) in [6.07, 6.45) is 0.542. The minimum atomic E-state index is -1.49. The Hall–Kier alpha value is -3.29. The second kappa shape index (κ2) is 10.5. The minimum Gasteiger partial charge on any atom is -0.490 e. The molecule has 2 aromatic rings. The summed E-state index contributed by atoms with van der Waals surface area (Å²) < 4.78 is 11.6. The number of rotatable bonds is 7. The number of amides is 2. The zero-order valence-corrected chi connectivity index (χ0v) is 21.1. The largest absolute Gasteiger partial charge is 0.490 e. The number of carboxylic acid groups (broad SMARTS) is 1. The van der Waals surface area contributed by atoms with Gasteiger partial charge in [0.25, 0.3) is 0 Å². The van der Waals surface area contributed by atoms with E-state index in [0.717, 1.165) is 10.8 Å². The van der Waals surface area contributed by atoms with Gasteiger partial charge in [-0.2, -0.15) is 0 Å². The van der Waals surface area contributed by atoms with Crippen molar-refractivity contribution in [3.05, 3.63) is 42.5 Å². The molecule has 1 aliphatic rings. The third kappa shape index (κ3) is 6.65. The first-order valence-corrected chi connectivity index (χ1v) is 12.1. The van der Waals surface area contributed by atoms with Gasteiger partial charge in [0.2, 0.25) is 5.91 Å². The van der Waals surface area contributed by atoms with E-state index in [2.05, 4.69) is 10.6 Å². The maximum atomic E-state index is 13.2. The van der Waals surface area contributed by atoms with E-state index in [-0.39, 0.29) is 24.9 Å². The molecule has 0 radical (unpaired) electrons. The molecule has 35 heavy (non-hydrogen) atoms. The lowest BCUT2D eigenvalue weighted by molar-refractivity contribution is -0.151. The van der Waals surface area contributed by atoms with Crippen LogP contribution in [0.3, 0.4) is 0 Å². The maximum Gasteiger partial charge on any atom is 0.408 e. The fourth-order valence-corrected chi connectivity index (χ4v) is 4.45. The van der Waals surface area contributed by atoms with E-state index in [1.54, 1.807) is 34.6 Å². The van der Waals surface area contributed by atoms with Gasteiger partial charge in [-0.05, 0) is 57.4 Å². The van der Waals surface area contributed by atoms with Crippen molar-refractivity contribution in [2.45, 2.75) is 83.6 Å². The Kier molecular flexibility index (Phi) is 7.93. The summed E-state index contributed by atoms with van der Waals surface area (Å²) in [5, 5.41) is 17.5. The highest BCUT2D eigenvalue weighted by molar-refractivity contribution is 5.92. The lowest BCUT2D eigenvalue weighted by Crippen LogP contribution is -2.63. The predicted molar refractivity (Wildman–Crippen MR) is 133 cm³/mol. The number of aliphatic carboxylic acids is 1. The Labute approximate surface area is 206 Å². The van der Waals surface area contributed by atoms with Crippen LogP contribution in [-0.4, -0.2) is 46.4 Å². The zero-order valence-electron chi connectivity index (χ0n) is 21.1. The Bertz CT molecular complexity index is 1070. The van der Waals surface area contributed by atoms with Crippen LogP contribution in [0.2, 0.25) is 0 Å². The number of hydrogen-bond acceptors (Lipinski definition) is 5. The molecule has 3 rings (SSSR count). The number of benzene rings is 2. The van der Waals surface area contributed by atoms with E-state index in [1.807, 2.05) is 42.5 Å². The fraction of sp³-hybridized carbons (Fsp3) is 0.519. The van der Waals surface area contributed by atoms with Crippen LogP contribution >= 0.6 is 0 Å². The van der Waals surface area contributed by atoms with Crippen LogP contribution in [0.5, 0.6) is 5.75 Å². The number of carbonyl (C=O) groups excluding carboxylic acids is 2. The molecule has 2 amide bonds. The fourth-order valence-electron chi connectivity index (χ4n) is 4.45. The quantitative estimate of drug-likeness (QED) is 0.527. The van der Waals surface area contributed by atoms with Crippen molar-refractivity contribution >= 4 is 28.7 Å². The van der Waals surface area contributed by atoms with Gasteiger partial charge in [-0.1, -0.05) is 50.2 Å². The number of fused-ring (bicyclic) bond motifs is 1. The molecule has 0 spiro atoms. The van der Waals surface area contributed by atoms with Crippen molar-refractivity contribution in [1.29, 1.82) is 0 Å². The van der Waals surface area contributed by atoms with E-state index in [1.165, 1.54) is 0 Å². The predicted octanol–water partition coefficient (Wildman–Crippen LogP) is 4.65. The second-order valence-corrected chi connectivity index (χ2v) is 10.6.